The van der Waals surface area contributed by atoms with Gasteiger partial charge in [-0.3, -0.25) is 0 Å². The van der Waals surface area contributed by atoms with Gasteiger partial charge in [-0.15, -0.1) is 0 Å². The average molecular weight is 366 g/mol. The van der Waals surface area contributed by atoms with Gasteiger partial charge in [0.25, 0.3) is 0 Å². The summed E-state index contributed by atoms with van der Waals surface area (Å²) in [5.41, 5.74) is -0.362. The predicted octanol–water partition coefficient (Wildman–Crippen LogP) is 5.07. The number of halogens is 4. The third-order valence-corrected chi connectivity index (χ3v) is 4.13. The summed E-state index contributed by atoms with van der Waals surface area (Å²) in [5, 5.41) is 6.95. The van der Waals surface area contributed by atoms with Gasteiger partial charge in [0.2, 0.25) is 0 Å². The van der Waals surface area contributed by atoms with E-state index in [2.05, 4.69) is 15.4 Å². The first-order valence-corrected chi connectivity index (χ1v) is 8.20. The second-order valence-electron chi connectivity index (χ2n) is 6.20. The standard InChI is InChI=1S/C18H18F4N4/c1-4-10(2)23-14-9-11(3)24-17-15(12-5-7-13(19)8-6-12)16(18(20,21)22)25-26(14)17/h5-10,23H,4H2,1-3H3/t10-/m0/s1. The molecule has 2 heterocycles. The molecule has 3 aromatic rings. The molecule has 2 aromatic heterocycles. The van der Waals surface area contributed by atoms with Gasteiger partial charge < -0.3 is 5.32 Å². The number of alkyl halides is 3. The van der Waals surface area contributed by atoms with Crippen molar-refractivity contribution in [1.29, 1.82) is 0 Å². The number of hydrogen-bond donors (Lipinski definition) is 1. The molecule has 0 bridgehead atoms. The van der Waals surface area contributed by atoms with Crippen molar-refractivity contribution in [3.63, 3.8) is 0 Å². The van der Waals surface area contributed by atoms with Crippen LogP contribution < -0.4 is 5.32 Å². The Kier molecular flexibility index (Phi) is 4.60. The lowest BCUT2D eigenvalue weighted by Crippen LogP contribution is -2.17. The fourth-order valence-corrected chi connectivity index (χ4v) is 2.68. The van der Waals surface area contributed by atoms with E-state index in [0.717, 1.165) is 18.6 Å². The molecule has 0 aliphatic carbocycles. The Morgan fingerprint density at radius 1 is 1.19 bits per heavy atom. The van der Waals surface area contributed by atoms with Gasteiger partial charge >= 0.3 is 6.18 Å². The first kappa shape index (κ1) is 18.2. The highest BCUT2D eigenvalue weighted by Gasteiger charge is 2.39. The maximum absolute atomic E-state index is 13.6. The van der Waals surface area contributed by atoms with Crippen molar-refractivity contribution < 1.29 is 17.6 Å². The molecular formula is C18H18F4N4. The highest BCUT2D eigenvalue weighted by molar-refractivity contribution is 5.81. The largest absolute Gasteiger partial charge is 0.435 e. The van der Waals surface area contributed by atoms with Crippen LogP contribution in [0.15, 0.2) is 30.3 Å². The fraction of sp³-hybridized carbons (Fsp3) is 0.333. The Labute approximate surface area is 147 Å². The summed E-state index contributed by atoms with van der Waals surface area (Å²) in [6, 6.07) is 6.54. The number of anilines is 1. The minimum absolute atomic E-state index is 0.0489. The first-order chi connectivity index (χ1) is 12.2. The van der Waals surface area contributed by atoms with Gasteiger partial charge in [-0.2, -0.15) is 22.8 Å². The van der Waals surface area contributed by atoms with Crippen molar-refractivity contribution in [1.82, 2.24) is 14.6 Å². The number of aromatic nitrogens is 3. The van der Waals surface area contributed by atoms with E-state index in [9.17, 15) is 17.6 Å². The number of nitrogens with zero attached hydrogens (tertiary/aromatic N) is 3. The fourth-order valence-electron chi connectivity index (χ4n) is 2.68. The molecule has 0 saturated carbocycles. The highest BCUT2D eigenvalue weighted by Crippen LogP contribution is 2.39. The monoisotopic (exact) mass is 366 g/mol. The second kappa shape index (κ2) is 6.59. The second-order valence-corrected chi connectivity index (χ2v) is 6.20. The normalized spacial score (nSPS) is 13.2. The van der Waals surface area contributed by atoms with Crippen molar-refractivity contribution in [2.75, 3.05) is 5.32 Å². The number of fused-ring (bicyclic) bond motifs is 1. The summed E-state index contributed by atoms with van der Waals surface area (Å²) in [6.07, 6.45) is -3.87. The Morgan fingerprint density at radius 3 is 2.42 bits per heavy atom. The minimum atomic E-state index is -4.67. The number of hydrogen-bond acceptors (Lipinski definition) is 3. The molecule has 0 unspecified atom stereocenters. The van der Waals surface area contributed by atoms with Crippen LogP contribution in [-0.4, -0.2) is 20.6 Å². The Hall–Kier alpha value is -2.64. The average Bonchev–Trinajstić information content (AvgIpc) is 2.95. The number of rotatable bonds is 4. The molecule has 0 saturated heterocycles. The molecular weight excluding hydrogens is 348 g/mol. The molecule has 1 atom stereocenters. The van der Waals surface area contributed by atoms with Crippen molar-refractivity contribution in [3.05, 3.63) is 47.5 Å². The van der Waals surface area contributed by atoms with Crippen molar-refractivity contribution >= 4 is 11.5 Å². The molecule has 26 heavy (non-hydrogen) atoms. The molecule has 8 heteroatoms. The highest BCUT2D eigenvalue weighted by atomic mass is 19.4. The Bertz CT molecular complexity index is 929. The molecule has 1 N–H and O–H groups in total. The summed E-state index contributed by atoms with van der Waals surface area (Å²) in [4.78, 5) is 4.27. The lowest BCUT2D eigenvalue weighted by molar-refractivity contribution is -0.140. The van der Waals surface area contributed by atoms with Crippen LogP contribution in [0, 0.1) is 12.7 Å². The summed E-state index contributed by atoms with van der Waals surface area (Å²) < 4.78 is 55.2. The van der Waals surface area contributed by atoms with Crippen molar-refractivity contribution in [2.24, 2.45) is 0 Å². The van der Waals surface area contributed by atoms with Crippen molar-refractivity contribution in [2.45, 2.75) is 39.4 Å². The van der Waals surface area contributed by atoms with Crippen molar-refractivity contribution in [3.8, 4) is 11.1 Å². The van der Waals surface area contributed by atoms with Gasteiger partial charge in [-0.05, 0) is 38.0 Å². The third-order valence-electron chi connectivity index (χ3n) is 4.13. The smallest absolute Gasteiger partial charge is 0.367 e. The molecule has 0 fully saturated rings. The van der Waals surface area contributed by atoms with E-state index < -0.39 is 17.7 Å². The Balaban J connectivity index is 2.32. The van der Waals surface area contributed by atoms with E-state index in [1.54, 1.807) is 13.0 Å². The zero-order valence-electron chi connectivity index (χ0n) is 14.5. The summed E-state index contributed by atoms with van der Waals surface area (Å²) >= 11 is 0. The first-order valence-electron chi connectivity index (χ1n) is 8.20. The van der Waals surface area contributed by atoms with Crippen LogP contribution in [0.25, 0.3) is 16.8 Å². The van der Waals surface area contributed by atoms with E-state index in [4.69, 9.17) is 0 Å². The van der Waals surface area contributed by atoms with E-state index in [-0.39, 0.29) is 22.8 Å². The quantitative estimate of drug-likeness (QED) is 0.655. The number of benzene rings is 1. The summed E-state index contributed by atoms with van der Waals surface area (Å²) in [6.45, 7) is 5.60. The molecule has 138 valence electrons. The predicted molar refractivity (Wildman–Crippen MR) is 91.5 cm³/mol. The summed E-state index contributed by atoms with van der Waals surface area (Å²) in [7, 11) is 0. The molecule has 1 aromatic carbocycles. The molecule has 0 radical (unpaired) electrons. The molecule has 3 rings (SSSR count). The molecule has 0 spiro atoms. The number of nitrogens with one attached hydrogen (secondary N) is 1. The topological polar surface area (TPSA) is 42.2 Å². The molecule has 0 amide bonds. The lowest BCUT2D eigenvalue weighted by atomic mass is 10.1. The van der Waals surface area contributed by atoms with E-state index in [0.29, 0.717) is 11.5 Å². The van der Waals surface area contributed by atoms with E-state index in [1.807, 2.05) is 13.8 Å². The summed E-state index contributed by atoms with van der Waals surface area (Å²) in [5.74, 6) is -0.0947. The van der Waals surface area contributed by atoms with Gasteiger partial charge in [-0.25, -0.2) is 9.37 Å². The molecule has 4 nitrogen and oxygen atoms in total. The lowest BCUT2D eigenvalue weighted by Gasteiger charge is -2.14. The van der Waals surface area contributed by atoms with Gasteiger partial charge in [0.1, 0.15) is 11.6 Å². The number of aryl methyl sites for hydroxylation is 1. The molecule has 0 aliphatic heterocycles. The van der Waals surface area contributed by atoms with Gasteiger partial charge in [-0.1, -0.05) is 19.1 Å². The van der Waals surface area contributed by atoms with Crippen LogP contribution in [-0.2, 0) is 6.18 Å². The SMILES string of the molecule is CC[C@H](C)Nc1cc(C)nc2c(-c3ccc(F)cc3)c(C(F)(F)F)nn12. The maximum atomic E-state index is 13.6. The van der Waals surface area contributed by atoms with Crippen LogP contribution in [0.5, 0.6) is 0 Å². The zero-order valence-corrected chi connectivity index (χ0v) is 14.5. The van der Waals surface area contributed by atoms with Crippen LogP contribution in [0.3, 0.4) is 0 Å². The van der Waals surface area contributed by atoms with Gasteiger partial charge in [0, 0.05) is 17.8 Å². The Morgan fingerprint density at radius 2 is 1.85 bits per heavy atom. The van der Waals surface area contributed by atoms with Crippen LogP contribution in [0.1, 0.15) is 31.7 Å². The van der Waals surface area contributed by atoms with Crippen LogP contribution >= 0.6 is 0 Å². The van der Waals surface area contributed by atoms with E-state index in [1.165, 1.54) is 16.6 Å². The van der Waals surface area contributed by atoms with Gasteiger partial charge in [0.05, 0.1) is 5.56 Å². The zero-order chi connectivity index (χ0) is 19.1. The molecule has 0 aliphatic rings. The van der Waals surface area contributed by atoms with Crippen LogP contribution in [0.2, 0.25) is 0 Å². The maximum Gasteiger partial charge on any atom is 0.435 e. The van der Waals surface area contributed by atoms with E-state index >= 15 is 0 Å². The van der Waals surface area contributed by atoms with Crippen LogP contribution in [0.4, 0.5) is 23.4 Å². The minimum Gasteiger partial charge on any atom is -0.367 e. The third kappa shape index (κ3) is 3.36. The van der Waals surface area contributed by atoms with Gasteiger partial charge in [0.15, 0.2) is 11.3 Å².